The molecule has 0 amide bonds. The Morgan fingerprint density at radius 1 is 1.07 bits per heavy atom. The third-order valence-corrected chi connectivity index (χ3v) is 3.20. The zero-order valence-corrected chi connectivity index (χ0v) is 7.49. The number of hydrogen-bond acceptors (Lipinski definition) is 0. The summed E-state index contributed by atoms with van der Waals surface area (Å²) in [7, 11) is 0. The van der Waals surface area contributed by atoms with Crippen molar-refractivity contribution < 1.29 is 26.3 Å². The van der Waals surface area contributed by atoms with Crippen molar-refractivity contribution in [2.24, 2.45) is 11.8 Å². The van der Waals surface area contributed by atoms with E-state index in [4.69, 9.17) is 0 Å². The average Bonchev–Trinajstić information content (AvgIpc) is 2.61. The Bertz CT molecular complexity index is 304. The molecule has 0 aliphatic heterocycles. The molecule has 15 heavy (non-hydrogen) atoms. The van der Waals surface area contributed by atoms with Crippen LogP contribution >= 0.6 is 0 Å². The van der Waals surface area contributed by atoms with Crippen LogP contribution in [0.25, 0.3) is 0 Å². The number of alkyl halides is 6. The molecular weight excluding hydrogens is 222 g/mol. The van der Waals surface area contributed by atoms with Gasteiger partial charge in [-0.25, -0.2) is 4.39 Å². The molecule has 0 aromatic heterocycles. The molecule has 0 nitrogen and oxygen atoms in total. The normalized spacial score (nSPS) is 40.1. The van der Waals surface area contributed by atoms with Gasteiger partial charge in [-0.05, 0) is 18.8 Å². The fourth-order valence-corrected chi connectivity index (χ4v) is 2.39. The molecule has 0 spiro atoms. The van der Waals surface area contributed by atoms with Gasteiger partial charge in [0, 0.05) is 5.92 Å². The van der Waals surface area contributed by atoms with Crippen LogP contribution in [0.4, 0.5) is 26.3 Å². The second kappa shape index (κ2) is 2.71. The van der Waals surface area contributed by atoms with Crippen LogP contribution in [0.3, 0.4) is 0 Å². The lowest BCUT2D eigenvalue weighted by molar-refractivity contribution is -0.331. The van der Waals surface area contributed by atoms with Crippen LogP contribution in [0.1, 0.15) is 12.8 Å². The third-order valence-electron chi connectivity index (χ3n) is 3.20. The molecule has 2 aliphatic rings. The van der Waals surface area contributed by atoms with Gasteiger partial charge in [0.2, 0.25) is 0 Å². The van der Waals surface area contributed by atoms with Gasteiger partial charge in [-0.1, -0.05) is 12.2 Å². The fourth-order valence-electron chi connectivity index (χ4n) is 2.39. The summed E-state index contributed by atoms with van der Waals surface area (Å²) in [5.41, 5.74) is -3.45. The summed E-state index contributed by atoms with van der Waals surface area (Å²) in [6, 6.07) is 0. The van der Waals surface area contributed by atoms with Gasteiger partial charge in [-0.3, -0.25) is 0 Å². The van der Waals surface area contributed by atoms with Crippen molar-refractivity contribution in [2.75, 3.05) is 0 Å². The van der Waals surface area contributed by atoms with E-state index in [1.54, 1.807) is 0 Å². The Hall–Kier alpha value is -0.680. The van der Waals surface area contributed by atoms with Crippen LogP contribution in [-0.2, 0) is 0 Å². The van der Waals surface area contributed by atoms with E-state index in [0.29, 0.717) is 0 Å². The smallest absolute Gasteiger partial charge is 0.236 e. The average molecular weight is 230 g/mol. The highest BCUT2D eigenvalue weighted by Gasteiger charge is 2.75. The second-order valence-electron chi connectivity index (χ2n) is 4.13. The van der Waals surface area contributed by atoms with E-state index >= 15 is 0 Å². The van der Waals surface area contributed by atoms with Crippen molar-refractivity contribution in [1.82, 2.24) is 0 Å². The number of allylic oxidation sites excluding steroid dienone is 2. The van der Waals surface area contributed by atoms with Gasteiger partial charge < -0.3 is 0 Å². The van der Waals surface area contributed by atoms with Crippen molar-refractivity contribution in [1.29, 1.82) is 0 Å². The van der Waals surface area contributed by atoms with E-state index in [-0.39, 0.29) is 6.42 Å². The largest absolute Gasteiger partial charge is 0.456 e. The van der Waals surface area contributed by atoms with Crippen LogP contribution < -0.4 is 0 Å². The van der Waals surface area contributed by atoms with Crippen molar-refractivity contribution in [2.45, 2.75) is 30.6 Å². The summed E-state index contributed by atoms with van der Waals surface area (Å²) in [5, 5.41) is 0. The molecule has 6 heteroatoms. The standard InChI is InChI=1S/C9H8F6/c10-7(8(11,12)9(13,14)15)4-5-1-2-6(7)3-5/h1-2,5-6H,3-4H2. The number of fused-ring (bicyclic) bond motifs is 2. The van der Waals surface area contributed by atoms with E-state index < -0.39 is 36.0 Å². The summed E-state index contributed by atoms with van der Waals surface area (Å²) in [6.07, 6.45) is -3.86. The van der Waals surface area contributed by atoms with Crippen molar-refractivity contribution in [3.05, 3.63) is 12.2 Å². The predicted octanol–water partition coefficient (Wildman–Crippen LogP) is 3.49. The Balaban J connectivity index is 2.35. The third kappa shape index (κ3) is 1.23. The first-order chi connectivity index (χ1) is 6.68. The van der Waals surface area contributed by atoms with E-state index in [9.17, 15) is 26.3 Å². The van der Waals surface area contributed by atoms with E-state index in [0.717, 1.165) is 6.08 Å². The molecule has 0 radical (unpaired) electrons. The molecule has 86 valence electrons. The maximum atomic E-state index is 13.8. The summed E-state index contributed by atoms with van der Waals surface area (Å²) >= 11 is 0. The van der Waals surface area contributed by atoms with Gasteiger partial charge in [0.15, 0.2) is 5.67 Å². The van der Waals surface area contributed by atoms with E-state index in [1.807, 2.05) is 0 Å². The number of halogens is 6. The lowest BCUT2D eigenvalue weighted by atomic mass is 9.84. The molecule has 2 rings (SSSR count). The Labute approximate surface area is 82.0 Å². The highest BCUT2D eigenvalue weighted by molar-refractivity contribution is 5.21. The van der Waals surface area contributed by atoms with E-state index in [2.05, 4.69) is 0 Å². The van der Waals surface area contributed by atoms with Crippen molar-refractivity contribution in [3.8, 4) is 0 Å². The topological polar surface area (TPSA) is 0 Å². The maximum Gasteiger partial charge on any atom is 0.456 e. The Morgan fingerprint density at radius 3 is 2.00 bits per heavy atom. The molecule has 0 heterocycles. The molecule has 0 saturated heterocycles. The molecule has 3 atom stereocenters. The van der Waals surface area contributed by atoms with Gasteiger partial charge in [0.1, 0.15) is 0 Å². The first-order valence-corrected chi connectivity index (χ1v) is 4.50. The predicted molar refractivity (Wildman–Crippen MR) is 40.2 cm³/mol. The Kier molecular flexibility index (Phi) is 1.95. The van der Waals surface area contributed by atoms with Gasteiger partial charge >= 0.3 is 12.1 Å². The zero-order valence-electron chi connectivity index (χ0n) is 7.49. The number of rotatable bonds is 1. The van der Waals surface area contributed by atoms with Crippen molar-refractivity contribution >= 4 is 0 Å². The molecule has 1 fully saturated rings. The second-order valence-corrected chi connectivity index (χ2v) is 4.13. The first kappa shape index (κ1) is 10.8. The molecular formula is C9H8F6. The van der Waals surface area contributed by atoms with Crippen molar-refractivity contribution in [3.63, 3.8) is 0 Å². The highest BCUT2D eigenvalue weighted by atomic mass is 19.4. The molecule has 0 aromatic carbocycles. The molecule has 0 aromatic rings. The summed E-state index contributed by atoms with van der Waals surface area (Å²) in [4.78, 5) is 0. The summed E-state index contributed by atoms with van der Waals surface area (Å²) < 4.78 is 75.8. The minimum Gasteiger partial charge on any atom is -0.236 e. The molecule has 3 unspecified atom stereocenters. The minimum absolute atomic E-state index is 0.0577. The SMILES string of the molecule is FC(F)(F)C(F)(F)C1(F)CC2C=CC1C2. The lowest BCUT2D eigenvalue weighted by Crippen LogP contribution is -2.56. The number of hydrogen-bond donors (Lipinski definition) is 0. The highest BCUT2D eigenvalue weighted by Crippen LogP contribution is 2.59. The fraction of sp³-hybridized carbons (Fsp3) is 0.778. The summed E-state index contributed by atoms with van der Waals surface area (Å²) in [5.74, 6) is -7.04. The zero-order chi connectivity index (χ0) is 11.5. The molecule has 2 aliphatic carbocycles. The van der Waals surface area contributed by atoms with Gasteiger partial charge in [0.25, 0.3) is 0 Å². The van der Waals surface area contributed by atoms with Crippen LogP contribution in [-0.4, -0.2) is 17.8 Å². The van der Waals surface area contributed by atoms with Gasteiger partial charge in [-0.2, -0.15) is 22.0 Å². The van der Waals surface area contributed by atoms with E-state index in [1.165, 1.54) is 6.08 Å². The van der Waals surface area contributed by atoms with Crippen LogP contribution in [0.2, 0.25) is 0 Å². The molecule has 0 N–H and O–H groups in total. The lowest BCUT2D eigenvalue weighted by Gasteiger charge is -2.35. The van der Waals surface area contributed by atoms with Crippen LogP contribution in [0.15, 0.2) is 12.2 Å². The van der Waals surface area contributed by atoms with Gasteiger partial charge in [0.05, 0.1) is 0 Å². The summed E-state index contributed by atoms with van der Waals surface area (Å²) in [6.45, 7) is 0. The van der Waals surface area contributed by atoms with Crippen LogP contribution in [0, 0.1) is 11.8 Å². The first-order valence-electron chi connectivity index (χ1n) is 4.50. The molecule has 2 bridgehead atoms. The van der Waals surface area contributed by atoms with Crippen LogP contribution in [0.5, 0.6) is 0 Å². The maximum absolute atomic E-state index is 13.8. The Morgan fingerprint density at radius 2 is 1.67 bits per heavy atom. The molecule has 1 saturated carbocycles. The quantitative estimate of drug-likeness (QED) is 0.477. The van der Waals surface area contributed by atoms with Gasteiger partial charge in [-0.15, -0.1) is 0 Å². The minimum atomic E-state index is -5.82. The monoisotopic (exact) mass is 230 g/mol.